The van der Waals surface area contributed by atoms with Crippen molar-refractivity contribution >= 4 is 29.9 Å². The molecule has 0 aliphatic carbocycles. The van der Waals surface area contributed by atoms with Crippen molar-refractivity contribution in [1.29, 1.82) is 0 Å². The summed E-state index contributed by atoms with van der Waals surface area (Å²) in [6.07, 6.45) is -3.99. The zero-order chi connectivity index (χ0) is 20.7. The van der Waals surface area contributed by atoms with E-state index in [1.807, 2.05) is 43.0 Å². The van der Waals surface area contributed by atoms with Gasteiger partial charge in [-0.2, -0.15) is 13.2 Å². The molecule has 1 heterocycles. The molecule has 5 nitrogen and oxygen atoms in total. The van der Waals surface area contributed by atoms with E-state index in [0.717, 1.165) is 11.1 Å². The SMILES string of the molecule is CN=C(NCc1ccc(COC(C)C)cc1)N1CCN(C(C)C(F)(F)F)CC1.I. The molecule has 1 N–H and O–H groups in total. The number of rotatable bonds is 6. The summed E-state index contributed by atoms with van der Waals surface area (Å²) in [6, 6.07) is 6.76. The predicted octanol–water partition coefficient (Wildman–Crippen LogP) is 3.87. The van der Waals surface area contributed by atoms with Crippen LogP contribution in [0.4, 0.5) is 13.2 Å². The third kappa shape index (κ3) is 8.29. The Kier molecular flexibility index (Phi) is 10.7. The highest BCUT2D eigenvalue weighted by Crippen LogP contribution is 2.25. The van der Waals surface area contributed by atoms with Gasteiger partial charge in [0.05, 0.1) is 12.7 Å². The van der Waals surface area contributed by atoms with Gasteiger partial charge in [-0.3, -0.25) is 9.89 Å². The highest BCUT2D eigenvalue weighted by atomic mass is 127. The molecule has 0 spiro atoms. The third-order valence-electron chi connectivity index (χ3n) is 4.90. The largest absolute Gasteiger partial charge is 0.403 e. The summed E-state index contributed by atoms with van der Waals surface area (Å²) in [5.74, 6) is 0.714. The molecule has 1 atom stereocenters. The van der Waals surface area contributed by atoms with Crippen molar-refractivity contribution < 1.29 is 17.9 Å². The van der Waals surface area contributed by atoms with Crippen LogP contribution in [0.15, 0.2) is 29.3 Å². The van der Waals surface area contributed by atoms with Gasteiger partial charge in [0.2, 0.25) is 0 Å². The molecular formula is C20H32F3IN4O. The molecule has 0 aromatic heterocycles. The normalized spacial score (nSPS) is 17.2. The van der Waals surface area contributed by atoms with Gasteiger partial charge in [0.1, 0.15) is 6.04 Å². The molecule has 166 valence electrons. The maximum atomic E-state index is 12.9. The average Bonchev–Trinajstić information content (AvgIpc) is 2.67. The smallest absolute Gasteiger partial charge is 0.374 e. The Balaban J connectivity index is 0.00000420. The van der Waals surface area contributed by atoms with E-state index in [4.69, 9.17) is 4.74 Å². The van der Waals surface area contributed by atoms with Crippen molar-refractivity contribution in [3.8, 4) is 0 Å². The molecule has 0 amide bonds. The maximum absolute atomic E-state index is 12.9. The first-order valence-corrected chi connectivity index (χ1v) is 9.66. The molecule has 1 aliphatic rings. The van der Waals surface area contributed by atoms with Gasteiger partial charge in [0.15, 0.2) is 5.96 Å². The second-order valence-electron chi connectivity index (χ2n) is 7.32. The van der Waals surface area contributed by atoms with E-state index in [1.165, 1.54) is 11.8 Å². The summed E-state index contributed by atoms with van der Waals surface area (Å²) in [5.41, 5.74) is 2.23. The molecule has 0 saturated carbocycles. The van der Waals surface area contributed by atoms with E-state index >= 15 is 0 Å². The van der Waals surface area contributed by atoms with E-state index in [2.05, 4.69) is 10.3 Å². The topological polar surface area (TPSA) is 40.1 Å². The third-order valence-corrected chi connectivity index (χ3v) is 4.90. The standard InChI is InChI=1S/C20H31F3N4O.HI/c1-15(2)28-14-18-7-5-17(6-8-18)13-25-19(24-4)27-11-9-26(10-12-27)16(3)20(21,22)23;/h5-8,15-16H,9-14H2,1-4H3,(H,24,25);1H. The minimum atomic E-state index is -4.19. The zero-order valence-corrected chi connectivity index (χ0v) is 19.8. The first-order valence-electron chi connectivity index (χ1n) is 9.66. The number of nitrogens with one attached hydrogen (secondary N) is 1. The van der Waals surface area contributed by atoms with Gasteiger partial charge in [-0.25, -0.2) is 0 Å². The number of ether oxygens (including phenoxy) is 1. The lowest BCUT2D eigenvalue weighted by molar-refractivity contribution is -0.181. The van der Waals surface area contributed by atoms with Crippen molar-refractivity contribution in [2.45, 2.75) is 52.2 Å². The van der Waals surface area contributed by atoms with Crippen LogP contribution in [-0.2, 0) is 17.9 Å². The molecule has 29 heavy (non-hydrogen) atoms. The Morgan fingerprint density at radius 1 is 1.07 bits per heavy atom. The molecule has 1 aliphatic heterocycles. The van der Waals surface area contributed by atoms with Crippen LogP contribution in [0, 0.1) is 0 Å². The first-order chi connectivity index (χ1) is 13.2. The maximum Gasteiger partial charge on any atom is 0.403 e. The number of benzene rings is 1. The van der Waals surface area contributed by atoms with Crippen LogP contribution in [0.5, 0.6) is 0 Å². The number of hydrogen-bond acceptors (Lipinski definition) is 3. The van der Waals surface area contributed by atoms with E-state index in [0.29, 0.717) is 45.3 Å². The van der Waals surface area contributed by atoms with Crippen LogP contribution in [-0.4, -0.2) is 67.3 Å². The van der Waals surface area contributed by atoms with Crippen molar-refractivity contribution in [2.75, 3.05) is 33.2 Å². The molecule has 1 fully saturated rings. The fraction of sp³-hybridized carbons (Fsp3) is 0.650. The highest BCUT2D eigenvalue weighted by molar-refractivity contribution is 14.0. The van der Waals surface area contributed by atoms with Crippen molar-refractivity contribution in [1.82, 2.24) is 15.1 Å². The zero-order valence-electron chi connectivity index (χ0n) is 17.5. The number of alkyl halides is 3. The molecular weight excluding hydrogens is 496 g/mol. The van der Waals surface area contributed by atoms with Gasteiger partial charge in [0, 0.05) is 39.8 Å². The number of nitrogens with zero attached hydrogens (tertiary/aromatic N) is 3. The van der Waals surface area contributed by atoms with Crippen LogP contribution < -0.4 is 5.32 Å². The van der Waals surface area contributed by atoms with Crippen LogP contribution in [0.25, 0.3) is 0 Å². The summed E-state index contributed by atoms with van der Waals surface area (Å²) in [7, 11) is 1.69. The lowest BCUT2D eigenvalue weighted by Gasteiger charge is -2.39. The molecule has 1 unspecified atom stereocenters. The molecule has 0 radical (unpaired) electrons. The Morgan fingerprint density at radius 2 is 1.62 bits per heavy atom. The van der Waals surface area contributed by atoms with E-state index in [9.17, 15) is 13.2 Å². The van der Waals surface area contributed by atoms with E-state index < -0.39 is 12.2 Å². The van der Waals surface area contributed by atoms with Crippen molar-refractivity contribution in [3.63, 3.8) is 0 Å². The lowest BCUT2D eigenvalue weighted by Crippen LogP contribution is -2.56. The number of aliphatic imine (C=N–C) groups is 1. The van der Waals surface area contributed by atoms with Crippen LogP contribution in [0.3, 0.4) is 0 Å². The quantitative estimate of drug-likeness (QED) is 0.346. The van der Waals surface area contributed by atoms with Gasteiger partial charge in [-0.15, -0.1) is 24.0 Å². The average molecular weight is 528 g/mol. The summed E-state index contributed by atoms with van der Waals surface area (Å²) < 4.78 is 44.2. The van der Waals surface area contributed by atoms with E-state index in [1.54, 1.807) is 7.05 Å². The van der Waals surface area contributed by atoms with Crippen LogP contribution in [0.1, 0.15) is 31.9 Å². The number of halogens is 4. The Hall–Kier alpha value is -1.07. The van der Waals surface area contributed by atoms with Gasteiger partial charge in [0.25, 0.3) is 0 Å². The molecule has 0 bridgehead atoms. The minimum Gasteiger partial charge on any atom is -0.374 e. The fourth-order valence-electron chi connectivity index (χ4n) is 3.06. The Labute approximate surface area is 188 Å². The summed E-state index contributed by atoms with van der Waals surface area (Å²) in [6.45, 7) is 8.21. The van der Waals surface area contributed by atoms with Gasteiger partial charge < -0.3 is 15.0 Å². The molecule has 1 saturated heterocycles. The van der Waals surface area contributed by atoms with Gasteiger partial charge in [-0.1, -0.05) is 24.3 Å². The molecule has 9 heteroatoms. The Morgan fingerprint density at radius 3 is 2.10 bits per heavy atom. The molecule has 1 aromatic carbocycles. The summed E-state index contributed by atoms with van der Waals surface area (Å²) in [4.78, 5) is 7.76. The van der Waals surface area contributed by atoms with E-state index in [-0.39, 0.29) is 30.1 Å². The van der Waals surface area contributed by atoms with Crippen LogP contribution in [0.2, 0.25) is 0 Å². The second-order valence-corrected chi connectivity index (χ2v) is 7.32. The second kappa shape index (κ2) is 11.9. The lowest BCUT2D eigenvalue weighted by atomic mass is 10.1. The first kappa shape index (κ1) is 26.0. The van der Waals surface area contributed by atoms with Crippen molar-refractivity contribution in [2.24, 2.45) is 4.99 Å². The van der Waals surface area contributed by atoms with Gasteiger partial charge >= 0.3 is 6.18 Å². The molecule has 2 rings (SSSR count). The number of guanidine groups is 1. The summed E-state index contributed by atoms with van der Waals surface area (Å²) in [5, 5.41) is 3.30. The fourth-order valence-corrected chi connectivity index (χ4v) is 3.06. The number of hydrogen-bond donors (Lipinski definition) is 1. The Bertz CT molecular complexity index is 630. The minimum absolute atomic E-state index is 0. The monoisotopic (exact) mass is 528 g/mol. The highest BCUT2D eigenvalue weighted by Gasteiger charge is 2.41. The predicted molar refractivity (Wildman–Crippen MR) is 121 cm³/mol. The van der Waals surface area contributed by atoms with Gasteiger partial charge in [-0.05, 0) is 31.9 Å². The van der Waals surface area contributed by atoms with Crippen LogP contribution >= 0.6 is 24.0 Å². The summed E-state index contributed by atoms with van der Waals surface area (Å²) >= 11 is 0. The number of piperazine rings is 1. The molecule has 1 aromatic rings. The van der Waals surface area contributed by atoms with Crippen molar-refractivity contribution in [3.05, 3.63) is 35.4 Å².